The summed E-state index contributed by atoms with van der Waals surface area (Å²) in [5, 5.41) is 16.3. The van der Waals surface area contributed by atoms with Crippen LogP contribution in [0.4, 0.5) is 17.2 Å². The van der Waals surface area contributed by atoms with Crippen molar-refractivity contribution in [2.75, 3.05) is 17.7 Å². The molecule has 7 nitrogen and oxygen atoms in total. The summed E-state index contributed by atoms with van der Waals surface area (Å²) < 4.78 is 0.350. The first kappa shape index (κ1) is 14.9. The van der Waals surface area contributed by atoms with Crippen molar-refractivity contribution in [2.45, 2.75) is 0 Å². The predicted molar refractivity (Wildman–Crippen MR) is 82.5 cm³/mol. The zero-order chi connectivity index (χ0) is 15.4. The van der Waals surface area contributed by atoms with E-state index in [1.807, 2.05) is 0 Å². The fourth-order valence-electron chi connectivity index (χ4n) is 1.72. The molecule has 0 aliphatic rings. The van der Waals surface area contributed by atoms with Crippen molar-refractivity contribution in [2.24, 2.45) is 0 Å². The first-order valence-corrected chi connectivity index (χ1v) is 6.70. The number of nitrogens with zero attached hydrogens (tertiary/aromatic N) is 2. The van der Waals surface area contributed by atoms with Gasteiger partial charge < -0.3 is 10.6 Å². The van der Waals surface area contributed by atoms with Crippen molar-refractivity contribution in [3.8, 4) is 0 Å². The molecule has 0 unspecified atom stereocenters. The van der Waals surface area contributed by atoms with Gasteiger partial charge in [-0.2, -0.15) is 0 Å². The van der Waals surface area contributed by atoms with Gasteiger partial charge in [0.25, 0.3) is 11.6 Å². The van der Waals surface area contributed by atoms with Gasteiger partial charge in [0.1, 0.15) is 5.82 Å². The average molecular weight is 351 g/mol. The molecule has 2 aromatic rings. The van der Waals surface area contributed by atoms with E-state index in [0.717, 1.165) is 0 Å². The number of hydrogen-bond donors (Lipinski definition) is 2. The van der Waals surface area contributed by atoms with Crippen LogP contribution >= 0.6 is 15.9 Å². The van der Waals surface area contributed by atoms with E-state index in [4.69, 9.17) is 0 Å². The summed E-state index contributed by atoms with van der Waals surface area (Å²) in [5.74, 6) is 0.0330. The minimum Gasteiger partial charge on any atom is -0.372 e. The van der Waals surface area contributed by atoms with Crippen molar-refractivity contribution < 1.29 is 9.72 Å². The van der Waals surface area contributed by atoms with Gasteiger partial charge in [-0.15, -0.1) is 0 Å². The van der Waals surface area contributed by atoms with Gasteiger partial charge in [0, 0.05) is 25.0 Å². The van der Waals surface area contributed by atoms with Gasteiger partial charge in [0.15, 0.2) is 0 Å². The standard InChI is InChI=1S/C13H11BrN4O3/c1-15-12-9(3-2-6-16-12)13(19)17-8-4-5-10(14)11(7-8)18(20)21/h2-7H,1H3,(H,15,16)(H,17,19). The van der Waals surface area contributed by atoms with Crippen LogP contribution in [-0.4, -0.2) is 22.9 Å². The summed E-state index contributed by atoms with van der Waals surface area (Å²) in [5.41, 5.74) is 0.569. The van der Waals surface area contributed by atoms with E-state index in [9.17, 15) is 14.9 Å². The molecule has 108 valence electrons. The third kappa shape index (κ3) is 3.34. The van der Waals surface area contributed by atoms with E-state index in [1.54, 1.807) is 31.4 Å². The molecule has 0 saturated heterocycles. The maximum Gasteiger partial charge on any atom is 0.285 e. The minimum absolute atomic E-state index is 0.118. The molecule has 21 heavy (non-hydrogen) atoms. The van der Waals surface area contributed by atoms with Gasteiger partial charge in [-0.05, 0) is 40.2 Å². The number of nitro benzene ring substituents is 1. The number of nitrogens with one attached hydrogen (secondary N) is 2. The summed E-state index contributed by atoms with van der Waals surface area (Å²) in [6.45, 7) is 0. The lowest BCUT2D eigenvalue weighted by molar-refractivity contribution is -0.385. The molecular weight excluding hydrogens is 340 g/mol. The molecule has 8 heteroatoms. The first-order valence-electron chi connectivity index (χ1n) is 5.91. The molecule has 0 aliphatic heterocycles. The van der Waals surface area contributed by atoms with Crippen molar-refractivity contribution >= 4 is 39.0 Å². The molecule has 0 saturated carbocycles. The van der Waals surface area contributed by atoms with Crippen molar-refractivity contribution in [3.05, 3.63) is 56.7 Å². The second-order valence-corrected chi connectivity index (χ2v) is 4.88. The Kier molecular flexibility index (Phi) is 4.49. The monoisotopic (exact) mass is 350 g/mol. The minimum atomic E-state index is -0.525. The van der Waals surface area contributed by atoms with Crippen LogP contribution in [0.5, 0.6) is 0 Å². The summed E-state index contributed by atoms with van der Waals surface area (Å²) in [4.78, 5) is 26.6. The van der Waals surface area contributed by atoms with Gasteiger partial charge in [-0.3, -0.25) is 14.9 Å². The molecule has 2 rings (SSSR count). The summed E-state index contributed by atoms with van der Waals surface area (Å²) in [7, 11) is 1.66. The van der Waals surface area contributed by atoms with Crippen molar-refractivity contribution in [1.29, 1.82) is 0 Å². The van der Waals surface area contributed by atoms with E-state index in [2.05, 4.69) is 31.5 Å². The van der Waals surface area contributed by atoms with Crippen LogP contribution in [0.25, 0.3) is 0 Å². The molecule has 2 N–H and O–H groups in total. The maximum absolute atomic E-state index is 12.2. The number of pyridine rings is 1. The molecular formula is C13H11BrN4O3. The highest BCUT2D eigenvalue weighted by Gasteiger charge is 2.15. The topological polar surface area (TPSA) is 97.2 Å². The van der Waals surface area contributed by atoms with Crippen molar-refractivity contribution in [3.63, 3.8) is 0 Å². The molecule has 0 atom stereocenters. The van der Waals surface area contributed by atoms with E-state index in [0.29, 0.717) is 21.5 Å². The smallest absolute Gasteiger partial charge is 0.285 e. The van der Waals surface area contributed by atoms with Crippen LogP contribution in [-0.2, 0) is 0 Å². The Labute approximate surface area is 128 Å². The second-order valence-electron chi connectivity index (χ2n) is 4.03. The molecule has 0 fully saturated rings. The molecule has 1 aromatic heterocycles. The molecule has 0 aliphatic carbocycles. The Morgan fingerprint density at radius 1 is 1.38 bits per heavy atom. The Morgan fingerprint density at radius 2 is 2.14 bits per heavy atom. The van der Waals surface area contributed by atoms with Gasteiger partial charge >= 0.3 is 0 Å². The summed E-state index contributed by atoms with van der Waals surface area (Å²) in [6.07, 6.45) is 1.56. The number of carbonyl (C=O) groups is 1. The van der Waals surface area contributed by atoms with Crippen LogP contribution in [0.2, 0.25) is 0 Å². The maximum atomic E-state index is 12.2. The Morgan fingerprint density at radius 3 is 2.81 bits per heavy atom. The lowest BCUT2D eigenvalue weighted by atomic mass is 10.2. The fraction of sp³-hybridized carbons (Fsp3) is 0.0769. The molecule has 0 radical (unpaired) electrons. The largest absolute Gasteiger partial charge is 0.372 e. The number of carbonyl (C=O) groups excluding carboxylic acids is 1. The Balaban J connectivity index is 2.28. The van der Waals surface area contributed by atoms with E-state index >= 15 is 0 Å². The van der Waals surface area contributed by atoms with Crippen LogP contribution < -0.4 is 10.6 Å². The van der Waals surface area contributed by atoms with E-state index < -0.39 is 10.8 Å². The fourth-order valence-corrected chi connectivity index (χ4v) is 2.11. The second kappa shape index (κ2) is 6.31. The van der Waals surface area contributed by atoms with E-state index in [1.165, 1.54) is 12.1 Å². The summed E-state index contributed by atoms with van der Waals surface area (Å²) >= 11 is 3.09. The first-order chi connectivity index (χ1) is 10.0. The molecule has 1 heterocycles. The van der Waals surface area contributed by atoms with Crippen LogP contribution in [0.15, 0.2) is 41.0 Å². The SMILES string of the molecule is CNc1ncccc1C(=O)Nc1ccc(Br)c([N+](=O)[O-])c1. The molecule has 1 amide bonds. The van der Waals surface area contributed by atoms with Gasteiger partial charge in [-0.25, -0.2) is 4.98 Å². The quantitative estimate of drug-likeness (QED) is 0.652. The lowest BCUT2D eigenvalue weighted by Gasteiger charge is -2.09. The molecule has 0 bridgehead atoms. The molecule has 1 aromatic carbocycles. The zero-order valence-electron chi connectivity index (χ0n) is 11.0. The van der Waals surface area contributed by atoms with Crippen molar-refractivity contribution in [1.82, 2.24) is 4.98 Å². The van der Waals surface area contributed by atoms with Crippen LogP contribution in [0.1, 0.15) is 10.4 Å². The highest BCUT2D eigenvalue weighted by Crippen LogP contribution is 2.28. The number of anilines is 2. The van der Waals surface area contributed by atoms with Gasteiger partial charge in [0.2, 0.25) is 0 Å². The van der Waals surface area contributed by atoms with E-state index in [-0.39, 0.29) is 5.69 Å². The number of halogens is 1. The zero-order valence-corrected chi connectivity index (χ0v) is 12.5. The third-order valence-corrected chi connectivity index (χ3v) is 3.36. The normalized spacial score (nSPS) is 10.0. The molecule has 0 spiro atoms. The average Bonchev–Trinajstić information content (AvgIpc) is 2.48. The highest BCUT2D eigenvalue weighted by atomic mass is 79.9. The lowest BCUT2D eigenvalue weighted by Crippen LogP contribution is -2.14. The third-order valence-electron chi connectivity index (χ3n) is 2.69. The number of benzene rings is 1. The number of nitro groups is 1. The van der Waals surface area contributed by atoms with Gasteiger partial charge in [-0.1, -0.05) is 0 Å². The summed E-state index contributed by atoms with van der Waals surface area (Å²) in [6, 6.07) is 7.62. The predicted octanol–water partition coefficient (Wildman–Crippen LogP) is 3.05. The Hall–Kier alpha value is -2.48. The van der Waals surface area contributed by atoms with Crippen LogP contribution in [0.3, 0.4) is 0 Å². The number of hydrogen-bond acceptors (Lipinski definition) is 5. The highest BCUT2D eigenvalue weighted by molar-refractivity contribution is 9.10. The van der Waals surface area contributed by atoms with Crippen LogP contribution in [0, 0.1) is 10.1 Å². The van der Waals surface area contributed by atoms with Gasteiger partial charge in [0.05, 0.1) is 15.0 Å². The number of rotatable bonds is 4. The number of amides is 1. The Bertz CT molecular complexity index is 706. The number of aromatic nitrogens is 1.